The molecule has 3 heterocycles. The van der Waals surface area contributed by atoms with Crippen molar-refractivity contribution in [2.45, 2.75) is 18.9 Å². The molecule has 1 amide bonds. The Kier molecular flexibility index (Phi) is 7.04. The van der Waals surface area contributed by atoms with Crippen LogP contribution in [-0.4, -0.2) is 87.1 Å². The summed E-state index contributed by atoms with van der Waals surface area (Å²) in [4.78, 5) is 32.0. The van der Waals surface area contributed by atoms with Crippen LogP contribution in [0, 0.1) is 0 Å². The molecule has 0 unspecified atom stereocenters. The summed E-state index contributed by atoms with van der Waals surface area (Å²) < 4.78 is 0. The first kappa shape index (κ1) is 23.8. The summed E-state index contributed by atoms with van der Waals surface area (Å²) in [6.45, 7) is 4.95. The summed E-state index contributed by atoms with van der Waals surface area (Å²) in [5.41, 5.74) is 2.59. The van der Waals surface area contributed by atoms with Crippen molar-refractivity contribution in [2.24, 2.45) is 0 Å². The van der Waals surface area contributed by atoms with E-state index in [1.54, 1.807) is 30.3 Å². The summed E-state index contributed by atoms with van der Waals surface area (Å²) in [6.07, 6.45) is 5.51. The molecule has 0 aliphatic carbocycles. The van der Waals surface area contributed by atoms with Crippen LogP contribution >= 0.6 is 23.2 Å². The van der Waals surface area contributed by atoms with Gasteiger partial charge < -0.3 is 9.80 Å². The fourth-order valence-electron chi connectivity index (χ4n) is 4.81. The SMILES string of the molecule is O=C(/C=C/N1CCC(N2CCN(C(=O)c3ccc4n[nH]nc4c3)CC2)CC1)c1cc(Cl)cc(Cl)c1. The van der Waals surface area contributed by atoms with E-state index >= 15 is 0 Å². The van der Waals surface area contributed by atoms with Crippen LogP contribution in [0.15, 0.2) is 48.7 Å². The van der Waals surface area contributed by atoms with Gasteiger partial charge in [-0.05, 0) is 49.2 Å². The monoisotopic (exact) mass is 512 g/mol. The van der Waals surface area contributed by atoms with Gasteiger partial charge in [0.1, 0.15) is 11.0 Å². The van der Waals surface area contributed by atoms with Crippen molar-refractivity contribution in [3.63, 3.8) is 0 Å². The highest BCUT2D eigenvalue weighted by Crippen LogP contribution is 2.22. The smallest absolute Gasteiger partial charge is 0.254 e. The number of hydrogen-bond donors (Lipinski definition) is 1. The zero-order valence-electron chi connectivity index (χ0n) is 19.2. The number of nitrogens with zero attached hydrogens (tertiary/aromatic N) is 5. The number of halogens is 2. The van der Waals surface area contributed by atoms with Gasteiger partial charge in [0.2, 0.25) is 0 Å². The van der Waals surface area contributed by atoms with Crippen LogP contribution < -0.4 is 0 Å². The number of amides is 1. The number of ketones is 1. The second-order valence-corrected chi connectivity index (χ2v) is 9.83. The number of hydrogen-bond acceptors (Lipinski definition) is 6. The standard InChI is InChI=1S/C25H26Cl2N6O2/c26-19-13-18(14-20(27)16-19)24(34)5-8-31-6-3-21(4-7-31)32-9-11-33(12-10-32)25(35)17-1-2-22-23(15-17)29-30-28-22/h1-2,5,8,13-16,21H,3-4,6-7,9-12H2,(H,28,29,30)/b8-5+. The van der Waals surface area contributed by atoms with Gasteiger partial charge in [-0.15, -0.1) is 0 Å². The number of H-pyrrole nitrogens is 1. The number of carbonyl (C=O) groups excluding carboxylic acids is 2. The van der Waals surface area contributed by atoms with Crippen molar-refractivity contribution in [1.82, 2.24) is 30.1 Å². The first-order valence-corrected chi connectivity index (χ1v) is 12.5. The summed E-state index contributed by atoms with van der Waals surface area (Å²) in [6, 6.07) is 10.8. The minimum absolute atomic E-state index is 0.0418. The Labute approximate surface area is 213 Å². The molecule has 182 valence electrons. The minimum Gasteiger partial charge on any atom is -0.377 e. The lowest BCUT2D eigenvalue weighted by Gasteiger charge is -2.42. The lowest BCUT2D eigenvalue weighted by atomic mass is 10.0. The third-order valence-electron chi connectivity index (χ3n) is 6.76. The van der Waals surface area contributed by atoms with E-state index in [1.807, 2.05) is 23.2 Å². The molecule has 0 spiro atoms. The maximum absolute atomic E-state index is 13.0. The van der Waals surface area contributed by atoms with E-state index < -0.39 is 0 Å². The van der Waals surface area contributed by atoms with Crippen LogP contribution in [0.5, 0.6) is 0 Å². The Hall–Kier alpha value is -2.94. The van der Waals surface area contributed by atoms with Crippen LogP contribution in [-0.2, 0) is 0 Å². The molecule has 2 aliphatic rings. The maximum Gasteiger partial charge on any atom is 0.254 e. The molecule has 2 aromatic carbocycles. The summed E-state index contributed by atoms with van der Waals surface area (Å²) in [5, 5.41) is 11.6. The largest absolute Gasteiger partial charge is 0.377 e. The number of benzene rings is 2. The normalized spacial score (nSPS) is 18.0. The number of piperidine rings is 1. The number of allylic oxidation sites excluding steroid dienone is 1. The van der Waals surface area contributed by atoms with E-state index in [1.165, 1.54) is 0 Å². The first-order valence-electron chi connectivity index (χ1n) is 11.7. The number of fused-ring (bicyclic) bond motifs is 1. The Morgan fingerprint density at radius 1 is 0.857 bits per heavy atom. The first-order chi connectivity index (χ1) is 17.0. The number of nitrogens with one attached hydrogen (secondary N) is 1. The molecule has 5 rings (SSSR count). The molecule has 2 fully saturated rings. The highest BCUT2D eigenvalue weighted by Gasteiger charge is 2.29. The maximum atomic E-state index is 13.0. The molecule has 2 aliphatic heterocycles. The molecule has 0 bridgehead atoms. The van der Waals surface area contributed by atoms with E-state index in [-0.39, 0.29) is 11.7 Å². The van der Waals surface area contributed by atoms with Gasteiger partial charge >= 0.3 is 0 Å². The van der Waals surface area contributed by atoms with Crippen molar-refractivity contribution >= 4 is 45.9 Å². The van der Waals surface area contributed by atoms with Gasteiger partial charge in [0.25, 0.3) is 5.91 Å². The molecule has 0 atom stereocenters. The average Bonchev–Trinajstić information content (AvgIpc) is 3.35. The zero-order valence-corrected chi connectivity index (χ0v) is 20.7. The zero-order chi connectivity index (χ0) is 24.4. The minimum atomic E-state index is -0.111. The summed E-state index contributed by atoms with van der Waals surface area (Å²) in [7, 11) is 0. The number of likely N-dealkylation sites (tertiary alicyclic amines) is 1. The fraction of sp³-hybridized carbons (Fsp3) is 0.360. The van der Waals surface area contributed by atoms with Gasteiger partial charge in [-0.3, -0.25) is 14.5 Å². The van der Waals surface area contributed by atoms with Crippen LogP contribution in [0.25, 0.3) is 11.0 Å². The number of piperazine rings is 1. The predicted octanol–water partition coefficient (Wildman–Crippen LogP) is 3.88. The molecular weight excluding hydrogens is 487 g/mol. The topological polar surface area (TPSA) is 85.4 Å². The molecule has 10 heteroatoms. The third kappa shape index (κ3) is 5.50. The molecular formula is C25H26Cl2N6O2. The van der Waals surface area contributed by atoms with Gasteiger partial charge in [-0.2, -0.15) is 15.4 Å². The Bertz CT molecular complexity index is 1240. The molecule has 35 heavy (non-hydrogen) atoms. The third-order valence-corrected chi connectivity index (χ3v) is 7.20. The van der Waals surface area contributed by atoms with Gasteiger partial charge in [-0.1, -0.05) is 23.2 Å². The van der Waals surface area contributed by atoms with Crippen LogP contribution in [0.3, 0.4) is 0 Å². The lowest BCUT2D eigenvalue weighted by Crippen LogP contribution is -2.54. The number of carbonyl (C=O) groups is 2. The highest BCUT2D eigenvalue weighted by atomic mass is 35.5. The summed E-state index contributed by atoms with van der Waals surface area (Å²) in [5.74, 6) is -0.0693. The Morgan fingerprint density at radius 3 is 2.26 bits per heavy atom. The Morgan fingerprint density at radius 2 is 1.54 bits per heavy atom. The van der Waals surface area contributed by atoms with Gasteiger partial charge in [-0.25, -0.2) is 0 Å². The van der Waals surface area contributed by atoms with E-state index in [0.29, 0.717) is 45.8 Å². The number of aromatic nitrogens is 3. The number of rotatable bonds is 5. The van der Waals surface area contributed by atoms with Gasteiger partial charge in [0, 0.05) is 78.8 Å². The highest BCUT2D eigenvalue weighted by molar-refractivity contribution is 6.35. The Balaban J connectivity index is 1.09. The molecule has 2 saturated heterocycles. The summed E-state index contributed by atoms with van der Waals surface area (Å²) >= 11 is 12.0. The second-order valence-electron chi connectivity index (χ2n) is 8.96. The van der Waals surface area contributed by atoms with Gasteiger partial charge in [0.15, 0.2) is 5.78 Å². The van der Waals surface area contributed by atoms with E-state index in [0.717, 1.165) is 44.5 Å². The average molecular weight is 513 g/mol. The van der Waals surface area contributed by atoms with E-state index in [2.05, 4.69) is 25.2 Å². The molecule has 1 aromatic heterocycles. The molecule has 3 aromatic rings. The second kappa shape index (κ2) is 10.4. The fourth-order valence-corrected chi connectivity index (χ4v) is 5.34. The predicted molar refractivity (Wildman–Crippen MR) is 136 cm³/mol. The lowest BCUT2D eigenvalue weighted by molar-refractivity contribution is 0.0487. The van der Waals surface area contributed by atoms with E-state index in [4.69, 9.17) is 23.2 Å². The quantitative estimate of drug-likeness (QED) is 0.412. The molecule has 0 radical (unpaired) electrons. The molecule has 0 saturated carbocycles. The van der Waals surface area contributed by atoms with Crippen molar-refractivity contribution < 1.29 is 9.59 Å². The van der Waals surface area contributed by atoms with Crippen molar-refractivity contribution in [2.75, 3.05) is 39.3 Å². The van der Waals surface area contributed by atoms with Crippen LogP contribution in [0.2, 0.25) is 10.0 Å². The van der Waals surface area contributed by atoms with Crippen molar-refractivity contribution in [1.29, 1.82) is 0 Å². The van der Waals surface area contributed by atoms with Crippen molar-refractivity contribution in [3.8, 4) is 0 Å². The number of aromatic amines is 1. The molecule has 1 N–H and O–H groups in total. The van der Waals surface area contributed by atoms with Crippen LogP contribution in [0.1, 0.15) is 33.6 Å². The van der Waals surface area contributed by atoms with Crippen LogP contribution in [0.4, 0.5) is 0 Å². The van der Waals surface area contributed by atoms with Crippen molar-refractivity contribution in [3.05, 3.63) is 69.8 Å². The molecule has 8 nitrogen and oxygen atoms in total. The van der Waals surface area contributed by atoms with Gasteiger partial charge in [0.05, 0.1) is 0 Å². The van der Waals surface area contributed by atoms with E-state index in [9.17, 15) is 9.59 Å².